The third kappa shape index (κ3) is 3.34. The van der Waals surface area contributed by atoms with Crippen LogP contribution in [0.3, 0.4) is 0 Å². The van der Waals surface area contributed by atoms with Crippen LogP contribution in [0.15, 0.2) is 36.7 Å². The Labute approximate surface area is 108 Å². The maximum atomic E-state index is 5.38. The molecule has 4 heteroatoms. The summed E-state index contributed by atoms with van der Waals surface area (Å²) in [5.41, 5.74) is 2.53. The predicted molar refractivity (Wildman–Crippen MR) is 71.7 cm³/mol. The summed E-state index contributed by atoms with van der Waals surface area (Å²) in [4.78, 5) is 0. The first-order valence-corrected chi connectivity index (χ1v) is 6.19. The van der Waals surface area contributed by atoms with Gasteiger partial charge in [-0.05, 0) is 25.1 Å². The van der Waals surface area contributed by atoms with Crippen LogP contribution >= 0.6 is 0 Å². The van der Waals surface area contributed by atoms with Gasteiger partial charge in [0.2, 0.25) is 0 Å². The standard InChI is InChI=1S/C14H19N3O/c1-3-18-14-9-16-17(11-14)10-13-6-4-12(5-7-13)8-15-2/h4-7,9,11,15H,3,8,10H2,1-2H3. The van der Waals surface area contributed by atoms with E-state index >= 15 is 0 Å². The van der Waals surface area contributed by atoms with Crippen molar-refractivity contribution in [1.82, 2.24) is 15.1 Å². The molecule has 0 aliphatic carbocycles. The van der Waals surface area contributed by atoms with Gasteiger partial charge in [0.15, 0.2) is 5.75 Å². The van der Waals surface area contributed by atoms with Gasteiger partial charge in [0.05, 0.1) is 25.5 Å². The van der Waals surface area contributed by atoms with Crippen LogP contribution in [0.5, 0.6) is 5.75 Å². The van der Waals surface area contributed by atoms with E-state index in [1.165, 1.54) is 11.1 Å². The maximum Gasteiger partial charge on any atom is 0.157 e. The molecule has 0 amide bonds. The number of benzene rings is 1. The molecule has 0 bridgehead atoms. The van der Waals surface area contributed by atoms with Gasteiger partial charge in [-0.15, -0.1) is 0 Å². The van der Waals surface area contributed by atoms with Crippen molar-refractivity contribution >= 4 is 0 Å². The fourth-order valence-corrected chi connectivity index (χ4v) is 1.83. The smallest absolute Gasteiger partial charge is 0.157 e. The third-order valence-electron chi connectivity index (χ3n) is 2.67. The van der Waals surface area contributed by atoms with Crippen LogP contribution in [0.2, 0.25) is 0 Å². The number of hydrogen-bond acceptors (Lipinski definition) is 3. The lowest BCUT2D eigenvalue weighted by Crippen LogP contribution is -2.05. The van der Waals surface area contributed by atoms with Gasteiger partial charge < -0.3 is 10.1 Å². The Kier molecular flexibility index (Phi) is 4.36. The molecule has 0 aliphatic heterocycles. The van der Waals surface area contributed by atoms with E-state index < -0.39 is 0 Å². The average molecular weight is 245 g/mol. The van der Waals surface area contributed by atoms with Crippen molar-refractivity contribution in [2.24, 2.45) is 0 Å². The van der Waals surface area contributed by atoms with Crippen molar-refractivity contribution in [2.75, 3.05) is 13.7 Å². The summed E-state index contributed by atoms with van der Waals surface area (Å²) >= 11 is 0. The lowest BCUT2D eigenvalue weighted by Gasteiger charge is -2.04. The highest BCUT2D eigenvalue weighted by Crippen LogP contribution is 2.11. The minimum atomic E-state index is 0.671. The molecule has 0 atom stereocenters. The highest BCUT2D eigenvalue weighted by molar-refractivity contribution is 5.23. The number of rotatable bonds is 6. The minimum Gasteiger partial charge on any atom is -0.491 e. The van der Waals surface area contributed by atoms with Crippen molar-refractivity contribution in [3.63, 3.8) is 0 Å². The summed E-state index contributed by atoms with van der Waals surface area (Å²) in [7, 11) is 1.95. The average Bonchev–Trinajstić information content (AvgIpc) is 2.80. The van der Waals surface area contributed by atoms with E-state index in [2.05, 4.69) is 34.7 Å². The summed E-state index contributed by atoms with van der Waals surface area (Å²) < 4.78 is 7.27. The zero-order valence-corrected chi connectivity index (χ0v) is 10.9. The van der Waals surface area contributed by atoms with E-state index in [1.54, 1.807) is 6.20 Å². The molecule has 18 heavy (non-hydrogen) atoms. The molecule has 96 valence electrons. The van der Waals surface area contributed by atoms with E-state index in [4.69, 9.17) is 4.74 Å². The van der Waals surface area contributed by atoms with E-state index in [-0.39, 0.29) is 0 Å². The second-order valence-electron chi connectivity index (χ2n) is 4.15. The Hall–Kier alpha value is -1.81. The number of nitrogens with zero attached hydrogens (tertiary/aromatic N) is 2. The van der Waals surface area contributed by atoms with Crippen LogP contribution in [0.1, 0.15) is 18.1 Å². The molecule has 2 aromatic rings. The van der Waals surface area contributed by atoms with E-state index in [9.17, 15) is 0 Å². The quantitative estimate of drug-likeness (QED) is 0.846. The van der Waals surface area contributed by atoms with Gasteiger partial charge in [-0.1, -0.05) is 24.3 Å². The second-order valence-corrected chi connectivity index (χ2v) is 4.15. The van der Waals surface area contributed by atoms with Crippen LogP contribution in [-0.2, 0) is 13.1 Å². The third-order valence-corrected chi connectivity index (χ3v) is 2.67. The lowest BCUT2D eigenvalue weighted by molar-refractivity contribution is 0.340. The van der Waals surface area contributed by atoms with Gasteiger partial charge in [0.25, 0.3) is 0 Å². The Morgan fingerprint density at radius 3 is 2.61 bits per heavy atom. The van der Waals surface area contributed by atoms with Crippen molar-refractivity contribution in [2.45, 2.75) is 20.0 Å². The van der Waals surface area contributed by atoms with Gasteiger partial charge in [-0.3, -0.25) is 4.68 Å². The second kappa shape index (κ2) is 6.21. The number of aromatic nitrogens is 2. The van der Waals surface area contributed by atoms with Crippen LogP contribution in [0, 0.1) is 0 Å². The SMILES string of the molecule is CCOc1cnn(Cc2ccc(CNC)cc2)c1. The zero-order chi connectivity index (χ0) is 12.8. The van der Waals surface area contributed by atoms with Crippen molar-refractivity contribution in [3.05, 3.63) is 47.8 Å². The summed E-state index contributed by atoms with van der Waals surface area (Å²) in [6.07, 6.45) is 3.67. The fourth-order valence-electron chi connectivity index (χ4n) is 1.83. The Bertz CT molecular complexity index is 476. The normalized spacial score (nSPS) is 10.6. The molecule has 1 heterocycles. The first-order chi connectivity index (χ1) is 8.81. The first kappa shape index (κ1) is 12.6. The van der Waals surface area contributed by atoms with E-state index in [0.29, 0.717) is 6.61 Å². The molecular formula is C14H19N3O. The largest absolute Gasteiger partial charge is 0.491 e. The molecule has 0 saturated carbocycles. The number of ether oxygens (including phenoxy) is 1. The van der Waals surface area contributed by atoms with Crippen molar-refractivity contribution in [1.29, 1.82) is 0 Å². The van der Waals surface area contributed by atoms with Gasteiger partial charge in [-0.2, -0.15) is 5.10 Å². The van der Waals surface area contributed by atoms with E-state index in [1.807, 2.05) is 24.9 Å². The predicted octanol–water partition coefficient (Wildman–Crippen LogP) is 2.05. The molecule has 1 aromatic carbocycles. The van der Waals surface area contributed by atoms with Crippen LogP contribution in [0.4, 0.5) is 0 Å². The number of hydrogen-bond donors (Lipinski definition) is 1. The molecule has 2 rings (SSSR count). The molecule has 4 nitrogen and oxygen atoms in total. The fraction of sp³-hybridized carbons (Fsp3) is 0.357. The molecule has 0 spiro atoms. The van der Waals surface area contributed by atoms with Gasteiger partial charge in [-0.25, -0.2) is 0 Å². The number of nitrogens with one attached hydrogen (secondary N) is 1. The summed E-state index contributed by atoms with van der Waals surface area (Å²) in [5.74, 6) is 0.823. The van der Waals surface area contributed by atoms with Gasteiger partial charge in [0.1, 0.15) is 0 Å². The van der Waals surface area contributed by atoms with Crippen LogP contribution < -0.4 is 10.1 Å². The molecule has 0 saturated heterocycles. The molecule has 0 aliphatic rings. The minimum absolute atomic E-state index is 0.671. The maximum absolute atomic E-state index is 5.38. The molecular weight excluding hydrogens is 226 g/mol. The molecule has 0 unspecified atom stereocenters. The molecule has 1 aromatic heterocycles. The summed E-state index contributed by atoms with van der Waals surface area (Å²) in [6, 6.07) is 8.54. The first-order valence-electron chi connectivity index (χ1n) is 6.19. The molecule has 0 radical (unpaired) electrons. The zero-order valence-electron chi connectivity index (χ0n) is 10.9. The summed E-state index contributed by atoms with van der Waals surface area (Å²) in [6.45, 7) is 4.31. The van der Waals surface area contributed by atoms with Crippen molar-refractivity contribution in [3.8, 4) is 5.75 Å². The lowest BCUT2D eigenvalue weighted by atomic mass is 10.1. The Balaban J connectivity index is 1.99. The Morgan fingerprint density at radius 2 is 1.94 bits per heavy atom. The van der Waals surface area contributed by atoms with Gasteiger partial charge in [0, 0.05) is 6.54 Å². The Morgan fingerprint density at radius 1 is 1.22 bits per heavy atom. The highest BCUT2D eigenvalue weighted by atomic mass is 16.5. The summed E-state index contributed by atoms with van der Waals surface area (Å²) in [5, 5.41) is 7.40. The van der Waals surface area contributed by atoms with Crippen LogP contribution in [0.25, 0.3) is 0 Å². The van der Waals surface area contributed by atoms with Crippen LogP contribution in [-0.4, -0.2) is 23.4 Å². The molecule has 1 N–H and O–H groups in total. The highest BCUT2D eigenvalue weighted by Gasteiger charge is 2.00. The van der Waals surface area contributed by atoms with E-state index in [0.717, 1.165) is 18.8 Å². The molecule has 0 fully saturated rings. The van der Waals surface area contributed by atoms with Gasteiger partial charge >= 0.3 is 0 Å². The monoisotopic (exact) mass is 245 g/mol. The topological polar surface area (TPSA) is 39.1 Å². The van der Waals surface area contributed by atoms with Crippen molar-refractivity contribution < 1.29 is 4.74 Å².